The number of furan rings is 1. The molecule has 0 radical (unpaired) electrons. The average Bonchev–Trinajstić information content (AvgIpc) is 3.32. The van der Waals surface area contributed by atoms with Crippen LogP contribution in [-0.4, -0.2) is 30.1 Å². The molecule has 4 rings (SSSR count). The number of hydrogen-bond donors (Lipinski definition) is 2. The van der Waals surface area contributed by atoms with Gasteiger partial charge in [0.05, 0.1) is 31.7 Å². The smallest absolute Gasteiger partial charge is 0.241 e. The molecule has 4 N–H and O–H groups in total. The van der Waals surface area contributed by atoms with Crippen LogP contribution in [0.15, 0.2) is 65.3 Å². The molecule has 0 fully saturated rings. The summed E-state index contributed by atoms with van der Waals surface area (Å²) in [4.78, 5) is 20.0. The minimum absolute atomic E-state index is 0.126. The van der Waals surface area contributed by atoms with E-state index in [9.17, 15) is 4.79 Å². The Kier molecular flexibility index (Phi) is 5.76. The molecule has 0 aliphatic heterocycles. The van der Waals surface area contributed by atoms with Gasteiger partial charge < -0.3 is 25.4 Å². The summed E-state index contributed by atoms with van der Waals surface area (Å²) >= 11 is 0. The van der Waals surface area contributed by atoms with E-state index in [1.807, 2.05) is 36.4 Å². The number of allylic oxidation sites excluding steroid dienone is 1. The lowest BCUT2D eigenvalue weighted by Crippen LogP contribution is -2.05. The lowest BCUT2D eigenvalue weighted by atomic mass is 9.99. The highest BCUT2D eigenvalue weighted by molar-refractivity contribution is 5.96. The minimum atomic E-state index is -0.513. The normalized spacial score (nSPS) is 11.2. The van der Waals surface area contributed by atoms with Crippen LogP contribution in [0.3, 0.4) is 0 Å². The van der Waals surface area contributed by atoms with E-state index < -0.39 is 5.91 Å². The van der Waals surface area contributed by atoms with Crippen molar-refractivity contribution in [2.24, 2.45) is 5.73 Å². The van der Waals surface area contributed by atoms with Gasteiger partial charge in [0.15, 0.2) is 0 Å². The number of amides is 1. The van der Waals surface area contributed by atoms with Crippen molar-refractivity contribution in [2.45, 2.75) is 6.42 Å². The summed E-state index contributed by atoms with van der Waals surface area (Å²) in [6, 6.07) is 13.1. The lowest BCUT2D eigenvalue weighted by Gasteiger charge is -2.14. The zero-order valence-electron chi connectivity index (χ0n) is 17.7. The molecule has 0 spiro atoms. The number of carbonyl (C=O) groups excluding carboxylic acids is 1. The molecule has 2 aromatic heterocycles. The van der Waals surface area contributed by atoms with Crippen molar-refractivity contribution in [3.8, 4) is 34.1 Å². The van der Waals surface area contributed by atoms with E-state index in [0.29, 0.717) is 29.1 Å². The number of primary amides is 1. The first-order chi connectivity index (χ1) is 15.5. The second kappa shape index (κ2) is 8.81. The van der Waals surface area contributed by atoms with Gasteiger partial charge in [-0.3, -0.25) is 4.79 Å². The van der Waals surface area contributed by atoms with Crippen LogP contribution in [0.2, 0.25) is 0 Å². The highest BCUT2D eigenvalue weighted by Crippen LogP contribution is 2.38. The molecule has 0 saturated carbocycles. The Hall–Kier alpha value is -4.33. The van der Waals surface area contributed by atoms with Crippen LogP contribution < -0.4 is 20.9 Å². The highest BCUT2D eigenvalue weighted by Gasteiger charge is 2.17. The summed E-state index contributed by atoms with van der Waals surface area (Å²) < 4.78 is 16.7. The molecule has 0 aliphatic carbocycles. The molecule has 32 heavy (non-hydrogen) atoms. The van der Waals surface area contributed by atoms with Crippen LogP contribution in [0.25, 0.3) is 33.5 Å². The third-order valence-electron chi connectivity index (χ3n) is 5.00. The van der Waals surface area contributed by atoms with Gasteiger partial charge in [0.2, 0.25) is 11.9 Å². The van der Waals surface area contributed by atoms with E-state index in [1.54, 1.807) is 32.6 Å². The Labute approximate surface area is 184 Å². The van der Waals surface area contributed by atoms with Gasteiger partial charge in [-0.1, -0.05) is 6.08 Å². The largest absolute Gasteiger partial charge is 0.496 e. The van der Waals surface area contributed by atoms with Crippen molar-refractivity contribution in [3.05, 3.63) is 66.4 Å². The number of fused-ring (bicyclic) bond motifs is 1. The highest BCUT2D eigenvalue weighted by atomic mass is 16.5. The van der Waals surface area contributed by atoms with Gasteiger partial charge in [-0.15, -0.1) is 0 Å². The summed E-state index contributed by atoms with van der Waals surface area (Å²) in [6.45, 7) is 0. The van der Waals surface area contributed by atoms with Crippen LogP contribution in [0.5, 0.6) is 11.5 Å². The molecule has 0 bridgehead atoms. The maximum absolute atomic E-state index is 11.1. The standard InChI is InChI=1S/C24H22N4O4/c1-30-20-9-8-15(19-6-4-10-32-19)12-17(20)23-16-11-14(5-3-7-22(25)29)21(31-2)13-18(16)27-24(26)28-23/h3-4,6-13H,5H2,1-2H3,(H2,25,29)(H2,26,27,28). The molecule has 2 aromatic carbocycles. The van der Waals surface area contributed by atoms with Gasteiger partial charge in [-0.2, -0.15) is 0 Å². The van der Waals surface area contributed by atoms with E-state index in [2.05, 4.69) is 9.97 Å². The Bertz CT molecular complexity index is 1310. The molecular weight excluding hydrogens is 408 g/mol. The van der Waals surface area contributed by atoms with Gasteiger partial charge >= 0.3 is 0 Å². The molecule has 4 aromatic rings. The second-order valence-electron chi connectivity index (χ2n) is 7.01. The van der Waals surface area contributed by atoms with E-state index in [0.717, 1.165) is 27.8 Å². The summed E-state index contributed by atoms with van der Waals surface area (Å²) in [5.74, 6) is 1.58. The number of benzene rings is 2. The SMILES string of the molecule is COc1cc2nc(N)nc(-c3cc(-c4ccco4)ccc3OC)c2cc1CC=CC(N)=O. The number of nitrogens with zero attached hydrogens (tertiary/aromatic N) is 2. The Morgan fingerprint density at radius 3 is 2.59 bits per heavy atom. The third kappa shape index (κ3) is 4.11. The molecule has 0 unspecified atom stereocenters. The van der Waals surface area contributed by atoms with Crippen LogP contribution in [0, 0.1) is 0 Å². The maximum Gasteiger partial charge on any atom is 0.241 e. The number of nitrogens with two attached hydrogens (primary N) is 2. The molecule has 1 amide bonds. The number of hydrogen-bond acceptors (Lipinski definition) is 7. The molecule has 0 atom stereocenters. The molecule has 0 aliphatic rings. The van der Waals surface area contributed by atoms with Crippen molar-refractivity contribution in [2.75, 3.05) is 20.0 Å². The summed E-state index contributed by atoms with van der Waals surface area (Å²) in [7, 11) is 3.17. The Morgan fingerprint density at radius 1 is 1.09 bits per heavy atom. The molecule has 2 heterocycles. The lowest BCUT2D eigenvalue weighted by molar-refractivity contribution is -0.113. The molecule has 0 saturated heterocycles. The Balaban J connectivity index is 1.94. The average molecular weight is 430 g/mol. The topological polar surface area (TPSA) is 126 Å². The number of anilines is 1. The zero-order chi connectivity index (χ0) is 22.7. The number of rotatable bonds is 7. The fourth-order valence-electron chi connectivity index (χ4n) is 3.57. The monoisotopic (exact) mass is 430 g/mol. The van der Waals surface area contributed by atoms with Crippen molar-refractivity contribution in [3.63, 3.8) is 0 Å². The number of carbonyl (C=O) groups is 1. The number of aromatic nitrogens is 2. The van der Waals surface area contributed by atoms with Crippen LogP contribution in [0.4, 0.5) is 5.95 Å². The first-order valence-electron chi connectivity index (χ1n) is 9.82. The van der Waals surface area contributed by atoms with Crippen molar-refractivity contribution >= 4 is 22.8 Å². The molecule has 8 heteroatoms. The van der Waals surface area contributed by atoms with Gasteiger partial charge in [0.1, 0.15) is 17.3 Å². The third-order valence-corrected chi connectivity index (χ3v) is 5.00. The molecule has 8 nitrogen and oxygen atoms in total. The van der Waals surface area contributed by atoms with Gasteiger partial charge in [0, 0.05) is 22.6 Å². The summed E-state index contributed by atoms with van der Waals surface area (Å²) in [5, 5.41) is 0.761. The number of ether oxygens (including phenoxy) is 2. The first kappa shape index (κ1) is 20.9. The van der Waals surface area contributed by atoms with Gasteiger partial charge in [0.25, 0.3) is 0 Å². The molecule has 162 valence electrons. The minimum Gasteiger partial charge on any atom is -0.496 e. The summed E-state index contributed by atoms with van der Waals surface area (Å²) in [5.41, 5.74) is 14.9. The van der Waals surface area contributed by atoms with E-state index in [4.69, 9.17) is 25.4 Å². The fourth-order valence-corrected chi connectivity index (χ4v) is 3.57. The maximum atomic E-state index is 11.1. The predicted octanol–water partition coefficient (Wildman–Crippen LogP) is 3.74. The predicted molar refractivity (Wildman–Crippen MR) is 122 cm³/mol. The van der Waals surface area contributed by atoms with Crippen molar-refractivity contribution in [1.29, 1.82) is 0 Å². The van der Waals surface area contributed by atoms with E-state index in [-0.39, 0.29) is 5.95 Å². The van der Waals surface area contributed by atoms with Crippen LogP contribution >= 0.6 is 0 Å². The second-order valence-corrected chi connectivity index (χ2v) is 7.01. The number of nitrogen functional groups attached to an aromatic ring is 1. The quantitative estimate of drug-likeness (QED) is 0.428. The first-order valence-corrected chi connectivity index (χ1v) is 9.82. The van der Waals surface area contributed by atoms with Crippen molar-refractivity contribution < 1.29 is 18.7 Å². The fraction of sp³-hybridized carbons (Fsp3) is 0.125. The van der Waals surface area contributed by atoms with Crippen LogP contribution in [0.1, 0.15) is 5.56 Å². The summed E-state index contributed by atoms with van der Waals surface area (Å²) in [6.07, 6.45) is 5.06. The van der Waals surface area contributed by atoms with Crippen LogP contribution in [-0.2, 0) is 11.2 Å². The number of methoxy groups -OCH3 is 2. The van der Waals surface area contributed by atoms with E-state index in [1.165, 1.54) is 6.08 Å². The zero-order valence-corrected chi connectivity index (χ0v) is 17.7. The Morgan fingerprint density at radius 2 is 1.91 bits per heavy atom. The van der Waals surface area contributed by atoms with Crippen molar-refractivity contribution in [1.82, 2.24) is 9.97 Å². The van der Waals surface area contributed by atoms with Gasteiger partial charge in [-0.05, 0) is 54.5 Å². The molecular formula is C24H22N4O4. The van der Waals surface area contributed by atoms with E-state index >= 15 is 0 Å². The van der Waals surface area contributed by atoms with Gasteiger partial charge in [-0.25, -0.2) is 9.97 Å².